The van der Waals surface area contributed by atoms with Crippen molar-refractivity contribution in [3.05, 3.63) is 72.8 Å². The Labute approximate surface area is 118 Å². The molecular formula is C17H17NO2. The zero-order valence-electron chi connectivity index (χ0n) is 11.3. The second-order valence-electron chi connectivity index (χ2n) is 4.44. The van der Waals surface area contributed by atoms with E-state index in [1.165, 1.54) is 12.2 Å². The molecule has 0 radical (unpaired) electrons. The fraction of sp³-hybridized carbons (Fsp3) is 0.118. The molecule has 0 saturated carbocycles. The lowest BCUT2D eigenvalue weighted by Crippen LogP contribution is -2.24. The Kier molecular flexibility index (Phi) is 4.69. The third kappa shape index (κ3) is 3.56. The number of amides is 1. The van der Waals surface area contributed by atoms with E-state index in [4.69, 9.17) is 0 Å². The molecule has 0 heterocycles. The minimum absolute atomic E-state index is 0.191. The van der Waals surface area contributed by atoms with E-state index in [0.29, 0.717) is 0 Å². The van der Waals surface area contributed by atoms with Crippen LogP contribution in [0.15, 0.2) is 72.8 Å². The smallest absolute Gasteiger partial charge is 0.255 e. The lowest BCUT2D eigenvalue weighted by Gasteiger charge is -2.21. The van der Waals surface area contributed by atoms with Gasteiger partial charge in [0.1, 0.15) is 0 Å². The normalized spacial score (nSPS) is 12.3. The van der Waals surface area contributed by atoms with E-state index in [1.807, 2.05) is 60.7 Å². The molecule has 3 heteroatoms. The summed E-state index contributed by atoms with van der Waals surface area (Å²) in [6.45, 7) is 1.61. The molecule has 0 aliphatic heterocycles. The summed E-state index contributed by atoms with van der Waals surface area (Å²) < 4.78 is 0. The van der Waals surface area contributed by atoms with Crippen LogP contribution < -0.4 is 4.90 Å². The summed E-state index contributed by atoms with van der Waals surface area (Å²) in [6, 6.07) is 18.9. The van der Waals surface area contributed by atoms with Gasteiger partial charge in [-0.2, -0.15) is 0 Å². The van der Waals surface area contributed by atoms with Crippen molar-refractivity contribution >= 4 is 17.3 Å². The van der Waals surface area contributed by atoms with Gasteiger partial charge in [0.15, 0.2) is 0 Å². The van der Waals surface area contributed by atoms with E-state index in [1.54, 1.807) is 11.8 Å². The van der Waals surface area contributed by atoms with Crippen LogP contribution in [0.3, 0.4) is 0 Å². The summed E-state index contributed by atoms with van der Waals surface area (Å²) in [7, 11) is 0. The molecule has 20 heavy (non-hydrogen) atoms. The van der Waals surface area contributed by atoms with Crippen molar-refractivity contribution in [3.63, 3.8) is 0 Å². The van der Waals surface area contributed by atoms with Gasteiger partial charge in [0.25, 0.3) is 5.91 Å². The molecule has 1 atom stereocenters. The van der Waals surface area contributed by atoms with Gasteiger partial charge in [0.2, 0.25) is 0 Å². The van der Waals surface area contributed by atoms with E-state index in [0.717, 1.165) is 11.4 Å². The Balaban J connectivity index is 2.38. The zero-order valence-corrected chi connectivity index (χ0v) is 11.3. The Bertz CT molecular complexity index is 537. The van der Waals surface area contributed by atoms with E-state index in [9.17, 15) is 9.90 Å². The molecule has 0 aliphatic carbocycles. The van der Waals surface area contributed by atoms with E-state index >= 15 is 0 Å². The maximum absolute atomic E-state index is 12.4. The van der Waals surface area contributed by atoms with Crippen molar-refractivity contribution in [2.45, 2.75) is 13.0 Å². The summed E-state index contributed by atoms with van der Waals surface area (Å²) in [5.74, 6) is -0.191. The van der Waals surface area contributed by atoms with Gasteiger partial charge >= 0.3 is 0 Å². The van der Waals surface area contributed by atoms with Gasteiger partial charge in [-0.25, -0.2) is 0 Å². The first-order valence-corrected chi connectivity index (χ1v) is 6.49. The van der Waals surface area contributed by atoms with Crippen LogP contribution in [0.2, 0.25) is 0 Å². The van der Waals surface area contributed by atoms with Gasteiger partial charge in [-0.05, 0) is 31.2 Å². The number of nitrogens with zero attached hydrogens (tertiary/aromatic N) is 1. The number of carbonyl (C=O) groups is 1. The number of para-hydroxylation sites is 2. The summed E-state index contributed by atoms with van der Waals surface area (Å²) in [4.78, 5) is 14.0. The number of anilines is 2. The maximum Gasteiger partial charge on any atom is 0.255 e. The highest BCUT2D eigenvalue weighted by Crippen LogP contribution is 2.25. The second-order valence-corrected chi connectivity index (χ2v) is 4.44. The van der Waals surface area contributed by atoms with Crippen LogP contribution in [0.4, 0.5) is 11.4 Å². The van der Waals surface area contributed by atoms with Gasteiger partial charge in [-0.3, -0.25) is 9.69 Å². The van der Waals surface area contributed by atoms with Gasteiger partial charge in [0.05, 0.1) is 6.10 Å². The third-order valence-electron chi connectivity index (χ3n) is 2.77. The van der Waals surface area contributed by atoms with Crippen molar-refractivity contribution in [3.8, 4) is 0 Å². The molecule has 2 aromatic carbocycles. The molecule has 0 spiro atoms. The van der Waals surface area contributed by atoms with Gasteiger partial charge < -0.3 is 5.11 Å². The van der Waals surface area contributed by atoms with E-state index < -0.39 is 6.10 Å². The first-order valence-electron chi connectivity index (χ1n) is 6.49. The number of rotatable bonds is 4. The standard InChI is InChI=1S/C17H17NO2/c1-14(19)12-13-17(20)18(15-8-4-2-5-9-15)16-10-6-3-7-11-16/h2-14,19H,1H3/b13-12-. The Morgan fingerprint density at radius 3 is 1.85 bits per heavy atom. The number of hydrogen-bond acceptors (Lipinski definition) is 2. The molecular weight excluding hydrogens is 250 g/mol. The first-order chi connectivity index (χ1) is 9.68. The average Bonchev–Trinajstić information content (AvgIpc) is 2.48. The number of benzene rings is 2. The van der Waals surface area contributed by atoms with E-state index in [2.05, 4.69) is 0 Å². The minimum Gasteiger partial charge on any atom is -0.389 e. The summed E-state index contributed by atoms with van der Waals surface area (Å²) in [5.41, 5.74) is 1.58. The molecule has 1 N–H and O–H groups in total. The molecule has 0 aliphatic rings. The van der Waals surface area contributed by atoms with Crippen LogP contribution in [-0.4, -0.2) is 17.1 Å². The summed E-state index contributed by atoms with van der Waals surface area (Å²) in [5, 5.41) is 9.27. The van der Waals surface area contributed by atoms with Gasteiger partial charge in [-0.1, -0.05) is 42.5 Å². The highest BCUT2D eigenvalue weighted by Gasteiger charge is 2.14. The van der Waals surface area contributed by atoms with Crippen LogP contribution >= 0.6 is 0 Å². The molecule has 0 saturated heterocycles. The van der Waals surface area contributed by atoms with Crippen LogP contribution in [0, 0.1) is 0 Å². The van der Waals surface area contributed by atoms with Gasteiger partial charge in [-0.15, -0.1) is 0 Å². The Morgan fingerprint density at radius 1 is 1.00 bits per heavy atom. The number of aliphatic hydroxyl groups is 1. The van der Waals surface area contributed by atoms with E-state index in [-0.39, 0.29) is 5.91 Å². The predicted octanol–water partition coefficient (Wildman–Crippen LogP) is 3.29. The van der Waals surface area contributed by atoms with Crippen molar-refractivity contribution < 1.29 is 9.90 Å². The molecule has 3 nitrogen and oxygen atoms in total. The fourth-order valence-corrected chi connectivity index (χ4v) is 1.85. The molecule has 1 amide bonds. The van der Waals surface area contributed by atoms with Crippen LogP contribution in [0.5, 0.6) is 0 Å². The molecule has 102 valence electrons. The average molecular weight is 267 g/mol. The Morgan fingerprint density at radius 2 is 1.45 bits per heavy atom. The highest BCUT2D eigenvalue weighted by molar-refractivity contribution is 6.07. The first kappa shape index (κ1) is 14.0. The number of aliphatic hydroxyl groups excluding tert-OH is 1. The lowest BCUT2D eigenvalue weighted by atomic mass is 10.2. The number of carbonyl (C=O) groups excluding carboxylic acids is 1. The minimum atomic E-state index is -0.646. The molecule has 1 unspecified atom stereocenters. The fourth-order valence-electron chi connectivity index (χ4n) is 1.85. The van der Waals surface area contributed by atoms with Crippen molar-refractivity contribution in [1.29, 1.82) is 0 Å². The molecule has 0 fully saturated rings. The van der Waals surface area contributed by atoms with Crippen LogP contribution in [0.1, 0.15) is 6.92 Å². The topological polar surface area (TPSA) is 40.5 Å². The quantitative estimate of drug-likeness (QED) is 0.863. The van der Waals surface area contributed by atoms with Crippen molar-refractivity contribution in [2.24, 2.45) is 0 Å². The highest BCUT2D eigenvalue weighted by atomic mass is 16.3. The molecule has 0 bridgehead atoms. The lowest BCUT2D eigenvalue weighted by molar-refractivity contribution is -0.113. The zero-order chi connectivity index (χ0) is 14.4. The molecule has 2 aromatic rings. The summed E-state index contributed by atoms with van der Waals surface area (Å²) >= 11 is 0. The van der Waals surface area contributed by atoms with Crippen molar-refractivity contribution in [2.75, 3.05) is 4.90 Å². The molecule has 0 aromatic heterocycles. The Hall–Kier alpha value is -2.39. The second kappa shape index (κ2) is 6.68. The third-order valence-corrected chi connectivity index (χ3v) is 2.77. The van der Waals surface area contributed by atoms with Gasteiger partial charge in [0, 0.05) is 17.5 Å². The summed E-state index contributed by atoms with van der Waals surface area (Å²) in [6.07, 6.45) is 2.22. The molecule has 2 rings (SSSR count). The number of hydrogen-bond donors (Lipinski definition) is 1. The monoisotopic (exact) mass is 267 g/mol. The van der Waals surface area contributed by atoms with Crippen LogP contribution in [-0.2, 0) is 4.79 Å². The SMILES string of the molecule is CC(O)/C=C\C(=O)N(c1ccccc1)c1ccccc1. The van der Waals surface area contributed by atoms with Crippen LogP contribution in [0.25, 0.3) is 0 Å². The largest absolute Gasteiger partial charge is 0.389 e. The maximum atomic E-state index is 12.4. The van der Waals surface area contributed by atoms with Crippen molar-refractivity contribution in [1.82, 2.24) is 0 Å². The predicted molar refractivity (Wildman–Crippen MR) is 80.9 cm³/mol.